The lowest BCUT2D eigenvalue weighted by Gasteiger charge is -2.28. The van der Waals surface area contributed by atoms with Crippen molar-refractivity contribution in [1.82, 2.24) is 24.3 Å². The third kappa shape index (κ3) is 2.06. The number of aromatic nitrogens is 5. The monoisotopic (exact) mass is 337 g/mol. The second-order valence-corrected chi connectivity index (χ2v) is 6.95. The maximum atomic E-state index is 12.5. The van der Waals surface area contributed by atoms with Crippen LogP contribution in [0.25, 0.3) is 16.9 Å². The molecule has 2 aliphatic rings. The first-order valence-electron chi connectivity index (χ1n) is 8.56. The zero-order chi connectivity index (χ0) is 17.1. The Labute approximate surface area is 143 Å². The van der Waals surface area contributed by atoms with E-state index in [4.69, 9.17) is 10.7 Å². The van der Waals surface area contributed by atoms with E-state index in [-0.39, 0.29) is 5.82 Å². The average molecular weight is 337 g/mol. The number of nitrogens with zero attached hydrogens (tertiary/aromatic N) is 6. The van der Waals surface area contributed by atoms with Crippen molar-refractivity contribution in [1.29, 1.82) is 0 Å². The number of pyridine rings is 1. The van der Waals surface area contributed by atoms with Gasteiger partial charge in [-0.05, 0) is 37.3 Å². The standard InChI is InChI=1S/C17H19N7O/c1-22-14(6-7-19-22)24-16-12(15(18)21-17(24)25)4-5-13(20-16)23-9-10-2-3-11(23)8-10/h4-7,10-11H,2-3,8-9H2,1H3,(H2,18,21,25). The molecule has 1 aliphatic carbocycles. The van der Waals surface area contributed by atoms with E-state index in [0.29, 0.717) is 22.9 Å². The highest BCUT2D eigenvalue weighted by Gasteiger charge is 2.38. The molecule has 8 heteroatoms. The number of aryl methyl sites for hydroxylation is 1. The van der Waals surface area contributed by atoms with E-state index >= 15 is 0 Å². The van der Waals surface area contributed by atoms with Gasteiger partial charge in [0.1, 0.15) is 17.5 Å². The summed E-state index contributed by atoms with van der Waals surface area (Å²) in [5, 5.41) is 4.83. The minimum Gasteiger partial charge on any atom is -0.383 e. The van der Waals surface area contributed by atoms with E-state index < -0.39 is 5.69 Å². The van der Waals surface area contributed by atoms with Gasteiger partial charge in [-0.15, -0.1) is 0 Å². The van der Waals surface area contributed by atoms with Gasteiger partial charge in [0.25, 0.3) is 0 Å². The van der Waals surface area contributed by atoms with E-state index in [9.17, 15) is 4.79 Å². The number of hydrogen-bond acceptors (Lipinski definition) is 6. The molecule has 0 aromatic carbocycles. The smallest absolute Gasteiger partial charge is 0.357 e. The van der Waals surface area contributed by atoms with E-state index in [0.717, 1.165) is 18.3 Å². The molecule has 1 saturated carbocycles. The topological polar surface area (TPSA) is 94.9 Å². The first-order valence-corrected chi connectivity index (χ1v) is 8.56. The molecule has 2 N–H and O–H groups in total. The van der Waals surface area contributed by atoms with E-state index in [1.165, 1.54) is 23.8 Å². The molecule has 3 aromatic rings. The van der Waals surface area contributed by atoms with Crippen LogP contribution >= 0.6 is 0 Å². The number of piperidine rings is 1. The van der Waals surface area contributed by atoms with Gasteiger partial charge in [0, 0.05) is 25.7 Å². The fourth-order valence-corrected chi connectivity index (χ4v) is 4.27. The van der Waals surface area contributed by atoms with Crippen LogP contribution in [0.5, 0.6) is 0 Å². The van der Waals surface area contributed by atoms with Gasteiger partial charge in [-0.3, -0.25) is 4.68 Å². The number of anilines is 2. The molecule has 0 radical (unpaired) electrons. The van der Waals surface area contributed by atoms with Crippen LogP contribution in [-0.4, -0.2) is 36.9 Å². The molecule has 3 aromatic heterocycles. The number of nitrogens with two attached hydrogens (primary N) is 1. The van der Waals surface area contributed by atoms with Crippen molar-refractivity contribution in [3.63, 3.8) is 0 Å². The van der Waals surface area contributed by atoms with Crippen LogP contribution in [0.2, 0.25) is 0 Å². The molecule has 8 nitrogen and oxygen atoms in total. The summed E-state index contributed by atoms with van der Waals surface area (Å²) >= 11 is 0. The lowest BCUT2D eigenvalue weighted by Crippen LogP contribution is -2.33. The predicted octanol–water partition coefficient (Wildman–Crippen LogP) is 1.09. The van der Waals surface area contributed by atoms with Gasteiger partial charge in [0.2, 0.25) is 0 Å². The van der Waals surface area contributed by atoms with E-state index in [1.807, 2.05) is 12.1 Å². The van der Waals surface area contributed by atoms with Crippen molar-refractivity contribution in [2.75, 3.05) is 17.2 Å². The van der Waals surface area contributed by atoms with Crippen molar-refractivity contribution >= 4 is 22.7 Å². The Hall–Kier alpha value is -2.90. The van der Waals surface area contributed by atoms with Crippen LogP contribution in [0.3, 0.4) is 0 Å². The van der Waals surface area contributed by atoms with Crippen LogP contribution < -0.4 is 16.3 Å². The zero-order valence-electron chi connectivity index (χ0n) is 14.0. The van der Waals surface area contributed by atoms with Crippen molar-refractivity contribution in [3.05, 3.63) is 34.9 Å². The van der Waals surface area contributed by atoms with Gasteiger partial charge in [0.05, 0.1) is 11.6 Å². The summed E-state index contributed by atoms with van der Waals surface area (Å²) in [6.45, 7) is 1.04. The van der Waals surface area contributed by atoms with Crippen molar-refractivity contribution in [2.24, 2.45) is 13.0 Å². The maximum absolute atomic E-state index is 12.5. The molecule has 128 valence electrons. The Bertz CT molecular complexity index is 1040. The highest BCUT2D eigenvalue weighted by molar-refractivity contribution is 5.87. The quantitative estimate of drug-likeness (QED) is 0.752. The summed E-state index contributed by atoms with van der Waals surface area (Å²) in [5.41, 5.74) is 6.07. The number of nitrogen functional groups attached to an aromatic ring is 1. The molecular weight excluding hydrogens is 318 g/mol. The largest absolute Gasteiger partial charge is 0.383 e. The average Bonchev–Trinajstić information content (AvgIpc) is 3.32. The molecule has 2 atom stereocenters. The maximum Gasteiger partial charge on any atom is 0.357 e. The second kappa shape index (κ2) is 5.05. The molecule has 2 unspecified atom stereocenters. The summed E-state index contributed by atoms with van der Waals surface area (Å²) in [5.74, 6) is 2.50. The minimum absolute atomic E-state index is 0.209. The Balaban J connectivity index is 1.74. The molecule has 2 fully saturated rings. The van der Waals surface area contributed by atoms with Gasteiger partial charge in [-0.25, -0.2) is 14.3 Å². The van der Waals surface area contributed by atoms with Crippen LogP contribution in [0, 0.1) is 5.92 Å². The normalized spacial score (nSPS) is 22.2. The summed E-state index contributed by atoms with van der Waals surface area (Å²) in [6, 6.07) is 6.23. The summed E-state index contributed by atoms with van der Waals surface area (Å²) in [6.07, 6.45) is 5.42. The molecule has 0 amide bonds. The molecule has 5 rings (SSSR count). The number of hydrogen-bond donors (Lipinski definition) is 1. The first-order chi connectivity index (χ1) is 12.1. The fourth-order valence-electron chi connectivity index (χ4n) is 4.27. The molecule has 0 spiro atoms. The second-order valence-electron chi connectivity index (χ2n) is 6.95. The van der Waals surface area contributed by atoms with Crippen molar-refractivity contribution in [2.45, 2.75) is 25.3 Å². The fraction of sp³-hybridized carbons (Fsp3) is 0.412. The lowest BCUT2D eigenvalue weighted by atomic mass is 10.1. The molecule has 2 bridgehead atoms. The van der Waals surface area contributed by atoms with Crippen molar-refractivity contribution in [3.8, 4) is 5.82 Å². The number of fused-ring (bicyclic) bond motifs is 3. The highest BCUT2D eigenvalue weighted by Crippen LogP contribution is 2.39. The van der Waals surface area contributed by atoms with E-state index in [2.05, 4.69) is 15.0 Å². The van der Waals surface area contributed by atoms with Gasteiger partial charge >= 0.3 is 5.69 Å². The summed E-state index contributed by atoms with van der Waals surface area (Å²) in [4.78, 5) is 23.7. The third-order valence-corrected chi connectivity index (χ3v) is 5.48. The van der Waals surface area contributed by atoms with E-state index in [1.54, 1.807) is 24.0 Å². The SMILES string of the molecule is Cn1nccc1-n1c(=O)nc(N)c2ccc(N3CC4CCC3C4)nc21. The van der Waals surface area contributed by atoms with Gasteiger partial charge < -0.3 is 10.6 Å². The Kier molecular flexibility index (Phi) is 2.92. The molecule has 25 heavy (non-hydrogen) atoms. The Morgan fingerprint density at radius 2 is 2.08 bits per heavy atom. The van der Waals surface area contributed by atoms with Crippen LogP contribution in [0.4, 0.5) is 11.6 Å². The van der Waals surface area contributed by atoms with Crippen LogP contribution in [-0.2, 0) is 7.05 Å². The van der Waals surface area contributed by atoms with Gasteiger partial charge in [-0.2, -0.15) is 10.1 Å². The predicted molar refractivity (Wildman–Crippen MR) is 94.8 cm³/mol. The van der Waals surface area contributed by atoms with Gasteiger partial charge in [-0.1, -0.05) is 0 Å². The number of rotatable bonds is 2. The summed E-state index contributed by atoms with van der Waals surface area (Å²) in [7, 11) is 1.78. The molecular formula is C17H19N7O. The third-order valence-electron chi connectivity index (χ3n) is 5.48. The Morgan fingerprint density at radius 1 is 1.20 bits per heavy atom. The lowest BCUT2D eigenvalue weighted by molar-refractivity contribution is 0.550. The highest BCUT2D eigenvalue weighted by atomic mass is 16.1. The molecule has 1 saturated heterocycles. The summed E-state index contributed by atoms with van der Waals surface area (Å²) < 4.78 is 3.11. The molecule has 4 heterocycles. The zero-order valence-corrected chi connectivity index (χ0v) is 14.0. The van der Waals surface area contributed by atoms with Crippen LogP contribution in [0.15, 0.2) is 29.2 Å². The molecule has 1 aliphatic heterocycles. The van der Waals surface area contributed by atoms with Crippen molar-refractivity contribution < 1.29 is 0 Å². The van der Waals surface area contributed by atoms with Crippen LogP contribution in [0.1, 0.15) is 19.3 Å². The Morgan fingerprint density at radius 3 is 2.76 bits per heavy atom. The minimum atomic E-state index is -0.443. The first kappa shape index (κ1) is 14.4. The van der Waals surface area contributed by atoms with Gasteiger partial charge in [0.15, 0.2) is 5.65 Å².